The topological polar surface area (TPSA) is 51.2 Å². The maximum Gasteiger partial charge on any atom is 0.422 e. The van der Waals surface area contributed by atoms with Gasteiger partial charge in [-0.05, 0) is 24.0 Å². The normalized spacial score (nSPS) is 16.0. The van der Waals surface area contributed by atoms with Crippen molar-refractivity contribution in [3.05, 3.63) is 23.9 Å². The van der Waals surface area contributed by atoms with Crippen LogP contribution >= 0.6 is 0 Å². The fourth-order valence-electron chi connectivity index (χ4n) is 2.90. The standard InChI is InChI=1S/C17H23F3N2O2/c18-17(19,20)12-24-16-10-14(8-9-21-16)11-22-15(23)7-6-13-4-2-1-3-5-13/h8-10,13H,1-7,11-12H2,(H,22,23). The van der Waals surface area contributed by atoms with Crippen LogP contribution in [0.15, 0.2) is 18.3 Å². The highest BCUT2D eigenvalue weighted by molar-refractivity contribution is 5.75. The lowest BCUT2D eigenvalue weighted by Gasteiger charge is -2.21. The second-order valence-corrected chi connectivity index (χ2v) is 6.23. The molecule has 0 aromatic carbocycles. The lowest BCUT2D eigenvalue weighted by atomic mass is 9.86. The Morgan fingerprint density at radius 2 is 2.04 bits per heavy atom. The molecule has 1 aromatic rings. The fourth-order valence-corrected chi connectivity index (χ4v) is 2.90. The Kier molecular flexibility index (Phi) is 6.87. The Labute approximate surface area is 139 Å². The van der Waals surface area contributed by atoms with Crippen molar-refractivity contribution in [2.24, 2.45) is 5.92 Å². The summed E-state index contributed by atoms with van der Waals surface area (Å²) in [6.07, 6.45) is 4.59. The van der Waals surface area contributed by atoms with E-state index in [0.717, 1.165) is 6.42 Å². The van der Waals surface area contributed by atoms with E-state index in [2.05, 4.69) is 15.0 Å². The highest BCUT2D eigenvalue weighted by Gasteiger charge is 2.28. The van der Waals surface area contributed by atoms with E-state index in [4.69, 9.17) is 0 Å². The molecule has 134 valence electrons. The van der Waals surface area contributed by atoms with Crippen molar-refractivity contribution in [2.45, 2.75) is 57.7 Å². The van der Waals surface area contributed by atoms with E-state index in [1.165, 1.54) is 44.4 Å². The third kappa shape index (κ3) is 7.19. The number of alkyl halides is 3. The van der Waals surface area contributed by atoms with Gasteiger partial charge >= 0.3 is 6.18 Å². The molecule has 1 amide bonds. The quantitative estimate of drug-likeness (QED) is 0.813. The first-order valence-corrected chi connectivity index (χ1v) is 8.33. The van der Waals surface area contributed by atoms with Gasteiger partial charge in [0, 0.05) is 25.2 Å². The van der Waals surface area contributed by atoms with Gasteiger partial charge in [0.05, 0.1) is 0 Å². The van der Waals surface area contributed by atoms with Crippen molar-refractivity contribution in [3.63, 3.8) is 0 Å². The maximum atomic E-state index is 12.1. The second kappa shape index (κ2) is 8.89. The van der Waals surface area contributed by atoms with Crippen molar-refractivity contribution in [1.29, 1.82) is 0 Å². The molecule has 0 spiro atoms. The van der Waals surface area contributed by atoms with Crippen LogP contribution in [0.25, 0.3) is 0 Å². The molecule has 0 radical (unpaired) electrons. The number of pyridine rings is 1. The maximum absolute atomic E-state index is 12.1. The highest BCUT2D eigenvalue weighted by Crippen LogP contribution is 2.27. The molecule has 0 aliphatic heterocycles. The van der Waals surface area contributed by atoms with Gasteiger partial charge in [0.15, 0.2) is 6.61 Å². The molecule has 0 atom stereocenters. The van der Waals surface area contributed by atoms with E-state index in [0.29, 0.717) is 17.9 Å². The highest BCUT2D eigenvalue weighted by atomic mass is 19.4. The monoisotopic (exact) mass is 344 g/mol. The van der Waals surface area contributed by atoms with Crippen LogP contribution in [0.3, 0.4) is 0 Å². The molecule has 1 aromatic heterocycles. The number of halogens is 3. The summed E-state index contributed by atoms with van der Waals surface area (Å²) < 4.78 is 41.0. The molecule has 0 unspecified atom stereocenters. The van der Waals surface area contributed by atoms with Gasteiger partial charge in [0.2, 0.25) is 11.8 Å². The lowest BCUT2D eigenvalue weighted by molar-refractivity contribution is -0.154. The molecule has 1 saturated carbocycles. The average molecular weight is 344 g/mol. The summed E-state index contributed by atoms with van der Waals surface area (Å²) in [5.74, 6) is 0.518. The Morgan fingerprint density at radius 3 is 2.75 bits per heavy atom. The number of amides is 1. The van der Waals surface area contributed by atoms with E-state index >= 15 is 0 Å². The number of carbonyl (C=O) groups excluding carboxylic acids is 1. The van der Waals surface area contributed by atoms with Crippen LogP contribution in [0, 0.1) is 5.92 Å². The number of rotatable bonds is 7. The van der Waals surface area contributed by atoms with Gasteiger partial charge in [-0.25, -0.2) is 4.98 Å². The first-order valence-electron chi connectivity index (χ1n) is 8.33. The molecule has 7 heteroatoms. The molecule has 1 fully saturated rings. The Morgan fingerprint density at radius 1 is 1.29 bits per heavy atom. The zero-order valence-electron chi connectivity index (χ0n) is 13.6. The molecule has 1 aliphatic rings. The van der Waals surface area contributed by atoms with Gasteiger partial charge in [0.1, 0.15) is 0 Å². The van der Waals surface area contributed by atoms with Crippen LogP contribution in [0.1, 0.15) is 50.5 Å². The number of nitrogens with one attached hydrogen (secondary N) is 1. The van der Waals surface area contributed by atoms with Crippen molar-refractivity contribution < 1.29 is 22.7 Å². The molecule has 1 heterocycles. The smallest absolute Gasteiger partial charge is 0.422 e. The van der Waals surface area contributed by atoms with E-state index in [1.54, 1.807) is 6.07 Å². The lowest BCUT2D eigenvalue weighted by Crippen LogP contribution is -2.23. The summed E-state index contributed by atoms with van der Waals surface area (Å²) in [4.78, 5) is 15.6. The third-order valence-electron chi connectivity index (χ3n) is 4.18. The van der Waals surface area contributed by atoms with Crippen LogP contribution < -0.4 is 10.1 Å². The number of hydrogen-bond donors (Lipinski definition) is 1. The minimum absolute atomic E-state index is 0.0323. The summed E-state index contributed by atoms with van der Waals surface area (Å²) in [6, 6.07) is 3.05. The molecule has 1 N–H and O–H groups in total. The number of hydrogen-bond acceptors (Lipinski definition) is 3. The minimum Gasteiger partial charge on any atom is -0.468 e. The summed E-state index contributed by atoms with van der Waals surface area (Å²) >= 11 is 0. The molecule has 2 rings (SSSR count). The number of aromatic nitrogens is 1. The molecular weight excluding hydrogens is 321 g/mol. The number of nitrogens with zero attached hydrogens (tertiary/aromatic N) is 1. The Bertz CT molecular complexity index is 529. The summed E-state index contributed by atoms with van der Waals surface area (Å²) in [5, 5.41) is 2.79. The van der Waals surface area contributed by atoms with Gasteiger partial charge in [-0.15, -0.1) is 0 Å². The summed E-state index contributed by atoms with van der Waals surface area (Å²) in [7, 11) is 0. The number of carbonyl (C=O) groups is 1. The van der Waals surface area contributed by atoms with E-state index in [1.807, 2.05) is 0 Å². The zero-order chi connectivity index (χ0) is 17.4. The SMILES string of the molecule is O=C(CCC1CCCCC1)NCc1ccnc(OCC(F)(F)F)c1. The van der Waals surface area contributed by atoms with Crippen LogP contribution in [0.2, 0.25) is 0 Å². The first-order chi connectivity index (χ1) is 11.4. The largest absolute Gasteiger partial charge is 0.468 e. The van der Waals surface area contributed by atoms with Crippen molar-refractivity contribution >= 4 is 5.91 Å². The van der Waals surface area contributed by atoms with Crippen molar-refractivity contribution in [2.75, 3.05) is 6.61 Å². The Hall–Kier alpha value is -1.79. The van der Waals surface area contributed by atoms with Crippen LogP contribution in [-0.2, 0) is 11.3 Å². The Balaban J connectivity index is 1.71. The van der Waals surface area contributed by atoms with Crippen LogP contribution in [0.4, 0.5) is 13.2 Å². The predicted molar refractivity (Wildman–Crippen MR) is 83.4 cm³/mol. The number of ether oxygens (including phenoxy) is 1. The molecule has 0 bridgehead atoms. The molecule has 4 nitrogen and oxygen atoms in total. The van der Waals surface area contributed by atoms with E-state index in [9.17, 15) is 18.0 Å². The molecule has 24 heavy (non-hydrogen) atoms. The van der Waals surface area contributed by atoms with Gasteiger partial charge in [0.25, 0.3) is 0 Å². The van der Waals surface area contributed by atoms with E-state index in [-0.39, 0.29) is 18.3 Å². The third-order valence-corrected chi connectivity index (χ3v) is 4.18. The molecular formula is C17H23F3N2O2. The molecule has 1 aliphatic carbocycles. The van der Waals surface area contributed by atoms with Gasteiger partial charge in [-0.3, -0.25) is 4.79 Å². The van der Waals surface area contributed by atoms with Crippen molar-refractivity contribution in [1.82, 2.24) is 10.3 Å². The zero-order valence-corrected chi connectivity index (χ0v) is 13.6. The van der Waals surface area contributed by atoms with Gasteiger partial charge in [-0.1, -0.05) is 32.1 Å². The average Bonchev–Trinajstić information content (AvgIpc) is 2.57. The van der Waals surface area contributed by atoms with Crippen molar-refractivity contribution in [3.8, 4) is 5.88 Å². The van der Waals surface area contributed by atoms with Crippen LogP contribution in [0.5, 0.6) is 5.88 Å². The molecule has 0 saturated heterocycles. The van der Waals surface area contributed by atoms with E-state index < -0.39 is 12.8 Å². The first kappa shape index (κ1) is 18.5. The summed E-state index contributed by atoms with van der Waals surface area (Å²) in [5.41, 5.74) is 0.660. The second-order valence-electron chi connectivity index (χ2n) is 6.23. The van der Waals surface area contributed by atoms with Gasteiger partial charge < -0.3 is 10.1 Å². The summed E-state index contributed by atoms with van der Waals surface area (Å²) in [6.45, 7) is -1.12. The van der Waals surface area contributed by atoms with Gasteiger partial charge in [-0.2, -0.15) is 13.2 Å². The van der Waals surface area contributed by atoms with Crippen LogP contribution in [-0.4, -0.2) is 23.7 Å². The minimum atomic E-state index is -4.40. The predicted octanol–water partition coefficient (Wildman–Crippen LogP) is 4.00. The fraction of sp³-hybridized carbons (Fsp3) is 0.647.